The molecule has 1 saturated carbocycles. The highest BCUT2D eigenvalue weighted by molar-refractivity contribution is 6.76. The second-order valence-corrected chi connectivity index (χ2v) is 15.2. The molecule has 166 valence electrons. The topological polar surface area (TPSA) is 74.1 Å². The lowest BCUT2D eigenvalue weighted by Crippen LogP contribution is -2.22. The fraction of sp³-hybridized carbons (Fsp3) is 0.500. The van der Waals surface area contributed by atoms with Crippen molar-refractivity contribution in [1.82, 2.24) is 19.7 Å². The summed E-state index contributed by atoms with van der Waals surface area (Å²) in [4.78, 5) is 8.74. The number of nitrogens with one attached hydrogen (secondary N) is 1. The zero-order valence-corrected chi connectivity index (χ0v) is 20.2. The number of fused-ring (bicyclic) bond motifs is 1. The number of anilines is 2. The van der Waals surface area contributed by atoms with E-state index in [0.717, 1.165) is 42.1 Å². The highest BCUT2D eigenvalue weighted by atomic mass is 35.5. The molecule has 0 amide bonds. The first kappa shape index (κ1) is 22.0. The van der Waals surface area contributed by atoms with Gasteiger partial charge in [-0.1, -0.05) is 19.6 Å². The summed E-state index contributed by atoms with van der Waals surface area (Å²) in [5.41, 5.74) is 0.760. The van der Waals surface area contributed by atoms with E-state index in [0.29, 0.717) is 24.5 Å². The molecule has 9 heteroatoms. The van der Waals surface area contributed by atoms with Crippen LogP contribution in [0.4, 0.5) is 11.6 Å². The van der Waals surface area contributed by atoms with Crippen molar-refractivity contribution in [3.63, 3.8) is 0 Å². The second kappa shape index (κ2) is 9.54. The predicted octanol–water partition coefficient (Wildman–Crippen LogP) is 5.86. The van der Waals surface area contributed by atoms with Crippen molar-refractivity contribution < 1.29 is 9.47 Å². The zero-order valence-electron chi connectivity index (χ0n) is 18.4. The Balaban J connectivity index is 1.46. The van der Waals surface area contributed by atoms with Crippen LogP contribution < -0.4 is 10.1 Å². The van der Waals surface area contributed by atoms with E-state index in [1.807, 2.05) is 30.5 Å². The van der Waals surface area contributed by atoms with E-state index >= 15 is 0 Å². The highest BCUT2D eigenvalue weighted by Gasteiger charge is 2.17. The van der Waals surface area contributed by atoms with Crippen LogP contribution in [0.15, 0.2) is 30.5 Å². The third kappa shape index (κ3) is 6.18. The zero-order chi connectivity index (χ0) is 21.8. The summed E-state index contributed by atoms with van der Waals surface area (Å²) in [5.74, 6) is 2.11. The Morgan fingerprint density at radius 3 is 2.74 bits per heavy atom. The molecule has 0 aliphatic heterocycles. The molecule has 3 aromatic rings. The fourth-order valence-corrected chi connectivity index (χ4v) is 4.54. The van der Waals surface area contributed by atoms with Crippen LogP contribution in [0.5, 0.6) is 5.75 Å². The van der Waals surface area contributed by atoms with Gasteiger partial charge in [0, 0.05) is 32.3 Å². The van der Waals surface area contributed by atoms with Crippen LogP contribution in [0.1, 0.15) is 25.7 Å². The summed E-state index contributed by atoms with van der Waals surface area (Å²) in [6, 6.07) is 8.87. The van der Waals surface area contributed by atoms with Gasteiger partial charge < -0.3 is 14.8 Å². The Morgan fingerprint density at radius 2 is 1.97 bits per heavy atom. The molecule has 0 spiro atoms. The van der Waals surface area contributed by atoms with Crippen LogP contribution in [0, 0.1) is 0 Å². The van der Waals surface area contributed by atoms with Gasteiger partial charge in [-0.3, -0.25) is 0 Å². The lowest BCUT2D eigenvalue weighted by molar-refractivity contribution is 0.0788. The van der Waals surface area contributed by atoms with Gasteiger partial charge in [0.05, 0.1) is 11.6 Å². The van der Waals surface area contributed by atoms with E-state index in [2.05, 4.69) is 40.0 Å². The average Bonchev–Trinajstić information content (AvgIpc) is 3.37. The van der Waals surface area contributed by atoms with E-state index in [1.165, 1.54) is 12.8 Å². The number of ether oxygens (including phenoxy) is 2. The Kier molecular flexibility index (Phi) is 6.79. The van der Waals surface area contributed by atoms with Gasteiger partial charge in [-0.05, 0) is 61.5 Å². The van der Waals surface area contributed by atoms with Crippen LogP contribution in [0.25, 0.3) is 10.9 Å². The van der Waals surface area contributed by atoms with Crippen LogP contribution in [-0.4, -0.2) is 40.5 Å². The van der Waals surface area contributed by atoms with E-state index in [9.17, 15) is 0 Å². The quantitative estimate of drug-likeness (QED) is 0.245. The molecule has 4 rings (SSSR count). The first-order valence-electron chi connectivity index (χ1n) is 10.9. The SMILES string of the molecule is C[Si](C)(C)CCOCn1ccc(Nc2nc(Cl)nc3ccc(OC4CCCC4)cc23)n1. The molecular formula is C22H30ClN5O2Si. The van der Waals surface area contributed by atoms with Crippen LogP contribution in [0.2, 0.25) is 31.0 Å². The molecule has 1 fully saturated rings. The maximum Gasteiger partial charge on any atom is 0.224 e. The van der Waals surface area contributed by atoms with Crippen LogP contribution in [-0.2, 0) is 11.5 Å². The minimum Gasteiger partial charge on any atom is -0.490 e. The number of rotatable bonds is 9. The van der Waals surface area contributed by atoms with Crippen molar-refractivity contribution in [2.24, 2.45) is 0 Å². The molecule has 2 aromatic heterocycles. The summed E-state index contributed by atoms with van der Waals surface area (Å²) < 4.78 is 13.7. The smallest absolute Gasteiger partial charge is 0.224 e. The molecule has 1 aliphatic rings. The molecular weight excluding hydrogens is 430 g/mol. The predicted molar refractivity (Wildman–Crippen MR) is 127 cm³/mol. The van der Waals surface area contributed by atoms with E-state index in [-0.39, 0.29) is 5.28 Å². The molecule has 1 N–H and O–H groups in total. The van der Waals surface area contributed by atoms with Gasteiger partial charge in [0.25, 0.3) is 0 Å². The van der Waals surface area contributed by atoms with Crippen LogP contribution in [0.3, 0.4) is 0 Å². The first-order valence-corrected chi connectivity index (χ1v) is 15.0. The largest absolute Gasteiger partial charge is 0.490 e. The number of hydrogen-bond acceptors (Lipinski definition) is 6. The molecule has 0 bridgehead atoms. The monoisotopic (exact) mass is 459 g/mol. The lowest BCUT2D eigenvalue weighted by atomic mass is 10.2. The van der Waals surface area contributed by atoms with Gasteiger partial charge in [-0.25, -0.2) is 9.67 Å². The van der Waals surface area contributed by atoms with Gasteiger partial charge >= 0.3 is 0 Å². The standard InChI is InChI=1S/C22H30ClN5O2Si/c1-31(2,3)13-12-29-15-28-11-10-20(27-28)25-21-18-14-17(30-16-6-4-5-7-16)8-9-19(18)24-22(23)26-21/h8-11,14,16H,4-7,12-13,15H2,1-3H3,(H,24,25,26,27). The number of nitrogens with zero attached hydrogens (tertiary/aromatic N) is 4. The highest BCUT2D eigenvalue weighted by Crippen LogP contribution is 2.30. The maximum atomic E-state index is 6.16. The molecule has 2 heterocycles. The van der Waals surface area contributed by atoms with Gasteiger partial charge in [0.15, 0.2) is 5.82 Å². The van der Waals surface area contributed by atoms with Crippen molar-refractivity contribution in [3.05, 3.63) is 35.7 Å². The Hall–Kier alpha value is -2.16. The summed E-state index contributed by atoms with van der Waals surface area (Å²) in [6.45, 7) is 8.21. The fourth-order valence-electron chi connectivity index (χ4n) is 3.60. The van der Waals surface area contributed by atoms with Gasteiger partial charge in [-0.15, -0.1) is 0 Å². The Morgan fingerprint density at radius 1 is 1.16 bits per heavy atom. The molecule has 0 unspecified atom stereocenters. The molecule has 0 saturated heterocycles. The van der Waals surface area contributed by atoms with Crippen molar-refractivity contribution >= 4 is 42.2 Å². The van der Waals surface area contributed by atoms with Crippen LogP contribution >= 0.6 is 11.6 Å². The minimum absolute atomic E-state index is 0.188. The number of hydrogen-bond donors (Lipinski definition) is 1. The number of benzene rings is 1. The average molecular weight is 460 g/mol. The molecule has 0 atom stereocenters. The minimum atomic E-state index is -1.09. The summed E-state index contributed by atoms with van der Waals surface area (Å²) in [7, 11) is -1.09. The third-order valence-electron chi connectivity index (χ3n) is 5.35. The first-order chi connectivity index (χ1) is 14.9. The number of aromatic nitrogens is 4. The van der Waals surface area contributed by atoms with Gasteiger partial charge in [-0.2, -0.15) is 10.1 Å². The molecule has 7 nitrogen and oxygen atoms in total. The maximum absolute atomic E-state index is 6.16. The van der Waals surface area contributed by atoms with E-state index in [1.54, 1.807) is 4.68 Å². The Labute approximate surface area is 189 Å². The van der Waals surface area contributed by atoms with Crippen molar-refractivity contribution in [2.75, 3.05) is 11.9 Å². The van der Waals surface area contributed by atoms with Crippen molar-refractivity contribution in [3.8, 4) is 5.75 Å². The van der Waals surface area contributed by atoms with Gasteiger partial charge in [0.2, 0.25) is 5.28 Å². The van der Waals surface area contributed by atoms with Gasteiger partial charge in [0.1, 0.15) is 18.3 Å². The molecule has 1 aromatic carbocycles. The van der Waals surface area contributed by atoms with E-state index < -0.39 is 8.07 Å². The number of halogens is 1. The second-order valence-electron chi connectivity index (χ2n) is 9.26. The van der Waals surface area contributed by atoms with E-state index in [4.69, 9.17) is 21.1 Å². The summed E-state index contributed by atoms with van der Waals surface area (Å²) in [5, 5.41) is 8.85. The third-order valence-corrected chi connectivity index (χ3v) is 7.23. The van der Waals surface area contributed by atoms with Crippen molar-refractivity contribution in [1.29, 1.82) is 0 Å². The van der Waals surface area contributed by atoms with Crippen molar-refractivity contribution in [2.45, 2.75) is 64.2 Å². The molecule has 31 heavy (non-hydrogen) atoms. The summed E-state index contributed by atoms with van der Waals surface area (Å²) in [6.07, 6.45) is 6.85. The normalized spacial score (nSPS) is 15.0. The Bertz CT molecular complexity index is 1030. The lowest BCUT2D eigenvalue weighted by Gasteiger charge is -2.15. The molecule has 1 aliphatic carbocycles. The molecule has 0 radical (unpaired) electrons. The summed E-state index contributed by atoms with van der Waals surface area (Å²) >= 11 is 6.16.